The van der Waals surface area contributed by atoms with E-state index in [9.17, 15) is 9.59 Å². The number of carbonyl (C=O) groups excluding carboxylic acids is 2. The minimum Gasteiger partial charge on any atom is -0.497 e. The van der Waals surface area contributed by atoms with Crippen molar-refractivity contribution in [3.63, 3.8) is 0 Å². The number of ether oxygens (including phenoxy) is 2. The van der Waals surface area contributed by atoms with E-state index in [-0.39, 0.29) is 24.2 Å². The third kappa shape index (κ3) is 5.25. The molecule has 1 saturated carbocycles. The molecule has 5 heteroatoms. The normalized spacial score (nSPS) is 13.9. The molecule has 0 spiro atoms. The largest absolute Gasteiger partial charge is 0.497 e. The van der Waals surface area contributed by atoms with Gasteiger partial charge in [-0.15, -0.1) is 0 Å². The summed E-state index contributed by atoms with van der Waals surface area (Å²) < 4.78 is 10.1. The van der Waals surface area contributed by atoms with E-state index in [0.717, 1.165) is 37.0 Å². The Morgan fingerprint density at radius 3 is 2.42 bits per heavy atom. The number of esters is 1. The van der Waals surface area contributed by atoms with Crippen LogP contribution in [-0.4, -0.2) is 43.6 Å². The predicted molar refractivity (Wildman–Crippen MR) is 91.9 cm³/mol. The van der Waals surface area contributed by atoms with Crippen molar-refractivity contribution in [3.8, 4) is 5.75 Å². The lowest BCUT2D eigenvalue weighted by atomic mass is 9.84. The summed E-state index contributed by atoms with van der Waals surface area (Å²) in [6, 6.07) is 7.87. The van der Waals surface area contributed by atoms with Crippen LogP contribution in [0.1, 0.15) is 38.2 Å². The summed E-state index contributed by atoms with van der Waals surface area (Å²) >= 11 is 0. The summed E-state index contributed by atoms with van der Waals surface area (Å²) in [6.45, 7) is 3.23. The Morgan fingerprint density at radius 2 is 1.88 bits per heavy atom. The van der Waals surface area contributed by atoms with Gasteiger partial charge in [-0.25, -0.2) is 0 Å². The molecule has 0 aromatic heterocycles. The van der Waals surface area contributed by atoms with E-state index >= 15 is 0 Å². The van der Waals surface area contributed by atoms with Gasteiger partial charge in [-0.1, -0.05) is 18.6 Å². The lowest BCUT2D eigenvalue weighted by Crippen LogP contribution is -2.41. The maximum atomic E-state index is 12.6. The molecule has 0 N–H and O–H groups in total. The highest BCUT2D eigenvalue weighted by molar-refractivity contribution is 5.80. The van der Waals surface area contributed by atoms with Gasteiger partial charge in [0.1, 0.15) is 5.75 Å². The Kier molecular flexibility index (Phi) is 7.09. The second-order valence-electron chi connectivity index (χ2n) is 6.11. The highest BCUT2D eigenvalue weighted by Crippen LogP contribution is 2.28. The number of methoxy groups -OCH3 is 1. The number of rotatable bonds is 9. The van der Waals surface area contributed by atoms with E-state index in [4.69, 9.17) is 9.47 Å². The molecule has 0 aliphatic heterocycles. The first-order chi connectivity index (χ1) is 11.6. The van der Waals surface area contributed by atoms with Crippen molar-refractivity contribution < 1.29 is 19.1 Å². The number of amides is 1. The van der Waals surface area contributed by atoms with Gasteiger partial charge >= 0.3 is 5.97 Å². The molecule has 0 bridgehead atoms. The van der Waals surface area contributed by atoms with Gasteiger partial charge in [0.25, 0.3) is 0 Å². The lowest BCUT2D eigenvalue weighted by molar-refractivity contribution is -0.145. The zero-order valence-electron chi connectivity index (χ0n) is 14.6. The minimum atomic E-state index is -0.242. The average molecular weight is 333 g/mol. The van der Waals surface area contributed by atoms with Crippen LogP contribution in [0.25, 0.3) is 0 Å². The van der Waals surface area contributed by atoms with Gasteiger partial charge in [-0.3, -0.25) is 9.59 Å². The van der Waals surface area contributed by atoms with Crippen LogP contribution in [0.15, 0.2) is 24.3 Å². The fourth-order valence-electron chi connectivity index (χ4n) is 2.76. The van der Waals surface area contributed by atoms with Gasteiger partial charge in [-0.05, 0) is 43.9 Å². The van der Waals surface area contributed by atoms with E-state index in [0.29, 0.717) is 19.7 Å². The van der Waals surface area contributed by atoms with Crippen molar-refractivity contribution in [3.05, 3.63) is 29.8 Å². The molecular weight excluding hydrogens is 306 g/mol. The van der Waals surface area contributed by atoms with Crippen LogP contribution >= 0.6 is 0 Å². The Labute approximate surface area is 143 Å². The van der Waals surface area contributed by atoms with E-state index in [2.05, 4.69) is 0 Å². The topological polar surface area (TPSA) is 55.8 Å². The van der Waals surface area contributed by atoms with Crippen LogP contribution in [0.3, 0.4) is 0 Å². The number of carbonyl (C=O) groups is 2. The van der Waals surface area contributed by atoms with E-state index in [1.807, 2.05) is 29.2 Å². The quantitative estimate of drug-likeness (QED) is 0.652. The van der Waals surface area contributed by atoms with Crippen molar-refractivity contribution in [2.75, 3.05) is 26.8 Å². The molecule has 1 aliphatic rings. The molecule has 0 radical (unpaired) electrons. The zero-order valence-corrected chi connectivity index (χ0v) is 14.6. The smallest absolute Gasteiger partial charge is 0.307 e. The fourth-order valence-corrected chi connectivity index (χ4v) is 2.76. The maximum absolute atomic E-state index is 12.6. The summed E-state index contributed by atoms with van der Waals surface area (Å²) in [5, 5.41) is 0. The van der Waals surface area contributed by atoms with Gasteiger partial charge < -0.3 is 14.4 Å². The molecule has 0 heterocycles. The lowest BCUT2D eigenvalue weighted by Gasteiger charge is -2.31. The number of hydrogen-bond donors (Lipinski definition) is 0. The van der Waals surface area contributed by atoms with Crippen molar-refractivity contribution in [2.24, 2.45) is 5.92 Å². The third-order valence-electron chi connectivity index (χ3n) is 4.49. The van der Waals surface area contributed by atoms with Gasteiger partial charge in [0.15, 0.2) is 0 Å². The Bertz CT molecular complexity index is 537. The van der Waals surface area contributed by atoms with E-state index in [1.165, 1.54) is 0 Å². The summed E-state index contributed by atoms with van der Waals surface area (Å²) in [4.78, 5) is 26.0. The molecule has 2 rings (SSSR count). The van der Waals surface area contributed by atoms with Crippen LogP contribution in [-0.2, 0) is 20.7 Å². The first-order valence-electron chi connectivity index (χ1n) is 8.71. The highest BCUT2D eigenvalue weighted by Gasteiger charge is 2.29. The van der Waals surface area contributed by atoms with Crippen molar-refractivity contribution in [2.45, 2.75) is 39.0 Å². The maximum Gasteiger partial charge on any atom is 0.307 e. The summed E-state index contributed by atoms with van der Waals surface area (Å²) in [6.07, 6.45) is 4.09. The second-order valence-corrected chi connectivity index (χ2v) is 6.11. The first-order valence-corrected chi connectivity index (χ1v) is 8.71. The Balaban J connectivity index is 1.90. The standard InChI is InChI=1S/C19H27NO4/c1-3-24-18(21)12-14-20(19(22)16-5-4-6-16)13-11-15-7-9-17(23-2)10-8-15/h7-10,16H,3-6,11-14H2,1-2H3. The molecule has 0 saturated heterocycles. The predicted octanol–water partition coefficient (Wildman–Crippen LogP) is 2.82. The van der Waals surface area contributed by atoms with E-state index < -0.39 is 0 Å². The average Bonchev–Trinajstić information content (AvgIpc) is 2.54. The molecule has 0 atom stereocenters. The molecular formula is C19H27NO4. The van der Waals surface area contributed by atoms with Gasteiger partial charge in [0, 0.05) is 19.0 Å². The number of benzene rings is 1. The van der Waals surface area contributed by atoms with Crippen molar-refractivity contribution in [1.29, 1.82) is 0 Å². The summed E-state index contributed by atoms with van der Waals surface area (Å²) in [5.41, 5.74) is 1.15. The van der Waals surface area contributed by atoms with Crippen LogP contribution in [0.2, 0.25) is 0 Å². The third-order valence-corrected chi connectivity index (χ3v) is 4.49. The molecule has 1 amide bonds. The van der Waals surface area contributed by atoms with Crippen LogP contribution in [0.5, 0.6) is 5.75 Å². The second kappa shape index (κ2) is 9.30. The first kappa shape index (κ1) is 18.3. The molecule has 5 nitrogen and oxygen atoms in total. The zero-order chi connectivity index (χ0) is 17.4. The van der Waals surface area contributed by atoms with Crippen LogP contribution in [0.4, 0.5) is 0 Å². The highest BCUT2D eigenvalue weighted by atomic mass is 16.5. The molecule has 0 unspecified atom stereocenters. The van der Waals surface area contributed by atoms with Crippen molar-refractivity contribution in [1.82, 2.24) is 4.90 Å². The number of nitrogens with zero attached hydrogens (tertiary/aromatic N) is 1. The van der Waals surface area contributed by atoms with E-state index in [1.54, 1.807) is 14.0 Å². The molecule has 24 heavy (non-hydrogen) atoms. The Morgan fingerprint density at radius 1 is 1.17 bits per heavy atom. The minimum absolute atomic E-state index is 0.142. The summed E-state index contributed by atoms with van der Waals surface area (Å²) in [5.74, 6) is 0.902. The molecule has 1 aromatic carbocycles. The van der Waals surface area contributed by atoms with Gasteiger partial charge in [0.2, 0.25) is 5.91 Å². The SMILES string of the molecule is CCOC(=O)CCN(CCc1ccc(OC)cc1)C(=O)C1CCC1. The van der Waals surface area contributed by atoms with Crippen LogP contribution < -0.4 is 4.74 Å². The monoisotopic (exact) mass is 333 g/mol. The molecule has 1 aromatic rings. The fraction of sp³-hybridized carbons (Fsp3) is 0.579. The Hall–Kier alpha value is -2.04. The van der Waals surface area contributed by atoms with Gasteiger partial charge in [0.05, 0.1) is 20.1 Å². The van der Waals surface area contributed by atoms with Gasteiger partial charge in [-0.2, -0.15) is 0 Å². The summed E-state index contributed by atoms with van der Waals surface area (Å²) in [7, 11) is 1.64. The number of hydrogen-bond acceptors (Lipinski definition) is 4. The molecule has 132 valence electrons. The molecule has 1 aliphatic carbocycles. The van der Waals surface area contributed by atoms with Crippen molar-refractivity contribution >= 4 is 11.9 Å². The molecule has 1 fully saturated rings. The van der Waals surface area contributed by atoms with Crippen LogP contribution in [0, 0.1) is 5.92 Å².